The number of rotatable bonds is 17. The molecule has 0 aliphatic carbocycles. The molecule has 56 heavy (non-hydrogen) atoms. The Morgan fingerprint density at radius 2 is 0.857 bits per heavy atom. The summed E-state index contributed by atoms with van der Waals surface area (Å²) in [6, 6.07) is 42.2. The lowest BCUT2D eigenvalue weighted by atomic mass is 9.97. The number of carbonyl (C=O) groups excluding carboxylic acids is 2. The van der Waals surface area contributed by atoms with Gasteiger partial charge in [0.25, 0.3) is 0 Å². The lowest BCUT2D eigenvalue weighted by Crippen LogP contribution is -2.23. The fourth-order valence-corrected chi connectivity index (χ4v) is 6.89. The Kier molecular flexibility index (Phi) is 14.0. The molecule has 0 unspecified atom stereocenters. The van der Waals surface area contributed by atoms with E-state index in [2.05, 4.69) is 13.8 Å². The molecule has 286 valence electrons. The molecule has 0 saturated carbocycles. The Labute approximate surface area is 329 Å². The second-order valence-electron chi connectivity index (χ2n) is 14.2. The third-order valence-electron chi connectivity index (χ3n) is 10.1. The third kappa shape index (κ3) is 10.2. The fourth-order valence-electron chi connectivity index (χ4n) is 6.89. The van der Waals surface area contributed by atoms with Crippen LogP contribution < -0.4 is 0 Å². The molecule has 0 spiro atoms. The van der Waals surface area contributed by atoms with Crippen molar-refractivity contribution in [3.05, 3.63) is 191 Å². The Bertz CT molecular complexity index is 2020. The molecule has 0 aromatic heterocycles. The van der Waals surface area contributed by atoms with Gasteiger partial charge in [0.2, 0.25) is 0 Å². The zero-order valence-electron chi connectivity index (χ0n) is 32.1. The average Bonchev–Trinajstić information content (AvgIpc) is 3.23. The number of hydrogen-bond donors (Lipinski definition) is 0. The van der Waals surface area contributed by atoms with Crippen molar-refractivity contribution < 1.29 is 27.8 Å². The molecular formula is C50H48F2O4. The van der Waals surface area contributed by atoms with E-state index in [1.807, 2.05) is 72.8 Å². The Balaban J connectivity index is 1.22. The molecular weight excluding hydrogens is 703 g/mol. The molecule has 6 heteroatoms. The number of hydrogen-bond acceptors (Lipinski definition) is 4. The average molecular weight is 751 g/mol. The van der Waals surface area contributed by atoms with Crippen molar-refractivity contribution in [1.82, 2.24) is 0 Å². The Morgan fingerprint density at radius 3 is 1.20 bits per heavy atom. The standard InChI is InChI=1S/C50H48F2O4/c1-3-5-9-15-35-21-31-43(45(51)33-35)37-23-27-41(28-24-37)49(53)55-47(39-17-11-7-12-18-39)48(40-19-13-8-14-20-40)56-50(54)42-29-25-38(26-30-42)44-32-22-36(34-46(44)52)16-10-6-4-2/h7-8,11-14,17-34,47-48H,3-6,9-10,15-16H2,1-2H3/t47-,48-/m1/s1. The van der Waals surface area contributed by atoms with E-state index >= 15 is 8.78 Å². The van der Waals surface area contributed by atoms with Gasteiger partial charge in [-0.3, -0.25) is 0 Å². The zero-order chi connectivity index (χ0) is 39.3. The van der Waals surface area contributed by atoms with E-state index in [0.29, 0.717) is 33.4 Å². The summed E-state index contributed by atoms with van der Waals surface area (Å²) < 4.78 is 42.7. The van der Waals surface area contributed by atoms with E-state index in [1.165, 1.54) is 0 Å². The Hall–Kier alpha value is -5.88. The number of halogens is 2. The molecule has 0 N–H and O–H groups in total. The van der Waals surface area contributed by atoms with Crippen LogP contribution >= 0.6 is 0 Å². The normalized spacial score (nSPS) is 12.1. The van der Waals surface area contributed by atoms with Crippen LogP contribution in [0.15, 0.2) is 146 Å². The second kappa shape index (κ2) is 19.6. The number of unbranched alkanes of at least 4 members (excludes halogenated alkanes) is 4. The summed E-state index contributed by atoms with van der Waals surface area (Å²) in [5, 5.41) is 0. The largest absolute Gasteiger partial charge is 0.450 e. The molecule has 0 aliphatic heterocycles. The summed E-state index contributed by atoms with van der Waals surface area (Å²) in [6.07, 6.45) is 6.09. The van der Waals surface area contributed by atoms with Crippen LogP contribution in [0.3, 0.4) is 0 Å². The third-order valence-corrected chi connectivity index (χ3v) is 10.1. The lowest BCUT2D eigenvalue weighted by molar-refractivity contribution is -0.0388. The van der Waals surface area contributed by atoms with Gasteiger partial charge < -0.3 is 9.47 Å². The van der Waals surface area contributed by atoms with Crippen molar-refractivity contribution in [3.8, 4) is 22.3 Å². The predicted molar refractivity (Wildman–Crippen MR) is 219 cm³/mol. The van der Waals surface area contributed by atoms with Crippen molar-refractivity contribution >= 4 is 11.9 Å². The smallest absolute Gasteiger partial charge is 0.338 e. The van der Waals surface area contributed by atoms with Crippen LogP contribution in [0.25, 0.3) is 22.3 Å². The van der Waals surface area contributed by atoms with Crippen molar-refractivity contribution in [3.63, 3.8) is 0 Å². The first-order valence-electron chi connectivity index (χ1n) is 19.6. The van der Waals surface area contributed by atoms with Gasteiger partial charge in [0, 0.05) is 11.1 Å². The first-order valence-corrected chi connectivity index (χ1v) is 19.6. The summed E-state index contributed by atoms with van der Waals surface area (Å²) >= 11 is 0. The molecule has 0 bridgehead atoms. The van der Waals surface area contributed by atoms with Gasteiger partial charge in [-0.2, -0.15) is 0 Å². The van der Waals surface area contributed by atoms with Crippen molar-refractivity contribution in [2.75, 3.05) is 0 Å². The van der Waals surface area contributed by atoms with Crippen molar-refractivity contribution in [2.24, 2.45) is 0 Å². The molecule has 0 heterocycles. The number of esters is 2. The highest BCUT2D eigenvalue weighted by Crippen LogP contribution is 2.37. The van der Waals surface area contributed by atoms with Gasteiger partial charge in [-0.1, -0.05) is 149 Å². The molecule has 6 rings (SSSR count). The van der Waals surface area contributed by atoms with Crippen LogP contribution in [0.2, 0.25) is 0 Å². The minimum Gasteiger partial charge on any atom is -0.450 e. The number of ether oxygens (including phenoxy) is 2. The fraction of sp³-hybridized carbons (Fsp3) is 0.240. The van der Waals surface area contributed by atoms with Crippen molar-refractivity contribution in [1.29, 1.82) is 0 Å². The molecule has 2 atom stereocenters. The van der Waals surface area contributed by atoms with Crippen LogP contribution in [0.1, 0.15) is 108 Å². The maximum atomic E-state index is 15.2. The summed E-state index contributed by atoms with van der Waals surface area (Å²) in [5.74, 6) is -1.87. The first-order chi connectivity index (χ1) is 27.3. The van der Waals surface area contributed by atoms with E-state index in [1.54, 1.807) is 72.8 Å². The van der Waals surface area contributed by atoms with Crippen molar-refractivity contribution in [2.45, 2.75) is 77.4 Å². The van der Waals surface area contributed by atoms with E-state index in [-0.39, 0.29) is 22.8 Å². The van der Waals surface area contributed by atoms with E-state index in [4.69, 9.17) is 9.47 Å². The molecule has 0 radical (unpaired) electrons. The maximum Gasteiger partial charge on any atom is 0.338 e. The van der Waals surface area contributed by atoms with Crippen LogP contribution in [-0.2, 0) is 22.3 Å². The second-order valence-corrected chi connectivity index (χ2v) is 14.2. The van der Waals surface area contributed by atoms with Gasteiger partial charge in [-0.05, 0) is 95.5 Å². The number of benzene rings is 6. The molecule has 6 aromatic rings. The van der Waals surface area contributed by atoms with Crippen LogP contribution in [0.5, 0.6) is 0 Å². The minimum absolute atomic E-state index is 0.265. The van der Waals surface area contributed by atoms with E-state index in [0.717, 1.165) is 62.5 Å². The van der Waals surface area contributed by atoms with Crippen LogP contribution in [0, 0.1) is 11.6 Å². The first kappa shape index (κ1) is 39.8. The van der Waals surface area contributed by atoms with Crippen LogP contribution in [0.4, 0.5) is 8.78 Å². The minimum atomic E-state index is -1.02. The highest BCUT2D eigenvalue weighted by Gasteiger charge is 2.33. The molecule has 0 saturated heterocycles. The van der Waals surface area contributed by atoms with Gasteiger partial charge in [0.1, 0.15) is 11.6 Å². The zero-order valence-corrected chi connectivity index (χ0v) is 32.1. The topological polar surface area (TPSA) is 52.6 Å². The molecule has 0 fully saturated rings. The Morgan fingerprint density at radius 1 is 0.482 bits per heavy atom. The summed E-state index contributed by atoms with van der Waals surface area (Å²) in [7, 11) is 0. The highest BCUT2D eigenvalue weighted by molar-refractivity contribution is 5.91. The number of aryl methyl sites for hydroxylation is 2. The van der Waals surface area contributed by atoms with Gasteiger partial charge in [-0.25, -0.2) is 18.4 Å². The maximum absolute atomic E-state index is 15.2. The summed E-state index contributed by atoms with van der Waals surface area (Å²) in [5.41, 5.74) is 5.91. The van der Waals surface area contributed by atoms with Gasteiger partial charge in [-0.15, -0.1) is 0 Å². The quantitative estimate of drug-likeness (QED) is 0.0688. The van der Waals surface area contributed by atoms with E-state index < -0.39 is 24.1 Å². The lowest BCUT2D eigenvalue weighted by Gasteiger charge is -2.28. The highest BCUT2D eigenvalue weighted by atomic mass is 19.1. The van der Waals surface area contributed by atoms with Crippen LogP contribution in [-0.4, -0.2) is 11.9 Å². The summed E-state index contributed by atoms with van der Waals surface area (Å²) in [4.78, 5) is 27.6. The molecule has 0 aliphatic rings. The SMILES string of the molecule is CCCCCc1ccc(-c2ccc(C(=O)O[C@H](c3ccccc3)[C@H](OC(=O)c3ccc(-c4ccc(CCCCC)cc4F)cc3)c3ccccc3)cc2)c(F)c1. The predicted octanol–water partition coefficient (Wildman–Crippen LogP) is 13.3. The molecule has 6 aromatic carbocycles. The van der Waals surface area contributed by atoms with Gasteiger partial charge in [0.15, 0.2) is 12.2 Å². The molecule has 4 nitrogen and oxygen atoms in total. The molecule has 0 amide bonds. The summed E-state index contributed by atoms with van der Waals surface area (Å²) in [6.45, 7) is 4.28. The monoisotopic (exact) mass is 750 g/mol. The van der Waals surface area contributed by atoms with Gasteiger partial charge in [0.05, 0.1) is 11.1 Å². The van der Waals surface area contributed by atoms with E-state index in [9.17, 15) is 9.59 Å². The van der Waals surface area contributed by atoms with Gasteiger partial charge >= 0.3 is 11.9 Å². The number of carbonyl (C=O) groups is 2.